The van der Waals surface area contributed by atoms with E-state index in [0.717, 1.165) is 12.5 Å². The van der Waals surface area contributed by atoms with Crippen molar-refractivity contribution in [2.45, 2.75) is 25.2 Å². The number of benzene rings is 2. The van der Waals surface area contributed by atoms with Gasteiger partial charge in [0.05, 0.1) is 34.2 Å². The number of hydrogen-bond donors (Lipinski definition) is 1. The molecule has 2 aromatic carbocycles. The molecule has 0 spiro atoms. The van der Waals surface area contributed by atoms with E-state index >= 15 is 0 Å². The first-order valence-electron chi connectivity index (χ1n) is 10.9. The highest BCUT2D eigenvalue weighted by molar-refractivity contribution is 7.89. The summed E-state index contributed by atoms with van der Waals surface area (Å²) < 4.78 is 37.5. The first-order valence-corrected chi connectivity index (χ1v) is 12.3. The van der Waals surface area contributed by atoms with Gasteiger partial charge in [0.15, 0.2) is 6.61 Å². The van der Waals surface area contributed by atoms with Crippen molar-refractivity contribution < 1.29 is 32.4 Å². The SMILES string of the molecule is COc1cc([N+](=O)[O-])ccc1NC(=O)COC(=O)c1ccc(S(=O)(=O)N2C[C@H](C)C[C@H](C)C2)cc1. The molecule has 0 saturated carbocycles. The fraction of sp³-hybridized carbons (Fsp3) is 0.391. The van der Waals surface area contributed by atoms with Crippen molar-refractivity contribution >= 4 is 33.3 Å². The van der Waals surface area contributed by atoms with Crippen LogP contribution in [0.3, 0.4) is 0 Å². The lowest BCUT2D eigenvalue weighted by Crippen LogP contribution is -2.42. The molecule has 1 aliphatic heterocycles. The Labute approximate surface area is 203 Å². The molecule has 0 radical (unpaired) electrons. The third kappa shape index (κ3) is 6.34. The summed E-state index contributed by atoms with van der Waals surface area (Å²) in [6.45, 7) is 4.31. The molecule has 188 valence electrons. The maximum absolute atomic E-state index is 13.0. The maximum Gasteiger partial charge on any atom is 0.338 e. The van der Waals surface area contributed by atoms with Gasteiger partial charge in [0.1, 0.15) is 5.75 Å². The second-order valence-electron chi connectivity index (χ2n) is 8.56. The summed E-state index contributed by atoms with van der Waals surface area (Å²) in [4.78, 5) is 34.9. The van der Waals surface area contributed by atoms with Gasteiger partial charge in [-0.15, -0.1) is 0 Å². The Morgan fingerprint density at radius 3 is 2.31 bits per heavy atom. The molecule has 1 aliphatic rings. The van der Waals surface area contributed by atoms with E-state index in [0.29, 0.717) is 13.1 Å². The fourth-order valence-corrected chi connectivity index (χ4v) is 5.69. The molecule has 0 unspecified atom stereocenters. The van der Waals surface area contributed by atoms with Gasteiger partial charge in [0.25, 0.3) is 11.6 Å². The van der Waals surface area contributed by atoms with E-state index in [1.807, 2.05) is 13.8 Å². The predicted octanol–water partition coefficient (Wildman–Crippen LogP) is 3.07. The smallest absolute Gasteiger partial charge is 0.338 e. The van der Waals surface area contributed by atoms with Gasteiger partial charge in [-0.3, -0.25) is 14.9 Å². The number of anilines is 1. The minimum absolute atomic E-state index is 0.0770. The van der Waals surface area contributed by atoms with Crippen molar-refractivity contribution in [2.75, 3.05) is 32.1 Å². The third-order valence-corrected chi connectivity index (χ3v) is 7.41. The van der Waals surface area contributed by atoms with Crippen LogP contribution in [-0.2, 0) is 19.6 Å². The van der Waals surface area contributed by atoms with Crippen LogP contribution in [0.1, 0.15) is 30.6 Å². The minimum atomic E-state index is -3.68. The molecule has 35 heavy (non-hydrogen) atoms. The molecule has 1 fully saturated rings. The van der Waals surface area contributed by atoms with Gasteiger partial charge in [0, 0.05) is 19.2 Å². The monoisotopic (exact) mass is 505 g/mol. The lowest BCUT2D eigenvalue weighted by molar-refractivity contribution is -0.384. The number of rotatable bonds is 8. The van der Waals surface area contributed by atoms with Crippen LogP contribution in [0, 0.1) is 22.0 Å². The van der Waals surface area contributed by atoms with Crippen molar-refractivity contribution in [1.82, 2.24) is 4.31 Å². The van der Waals surface area contributed by atoms with Gasteiger partial charge in [0.2, 0.25) is 10.0 Å². The van der Waals surface area contributed by atoms with Crippen LogP contribution in [-0.4, -0.2) is 56.3 Å². The Balaban J connectivity index is 1.60. The first-order chi connectivity index (χ1) is 16.5. The third-order valence-electron chi connectivity index (χ3n) is 5.57. The van der Waals surface area contributed by atoms with Crippen LogP contribution in [0.4, 0.5) is 11.4 Å². The summed E-state index contributed by atoms with van der Waals surface area (Å²) in [5.41, 5.74) is 0.0566. The van der Waals surface area contributed by atoms with Crippen molar-refractivity contribution in [3.05, 3.63) is 58.1 Å². The molecule has 1 amide bonds. The predicted molar refractivity (Wildman–Crippen MR) is 127 cm³/mol. The molecule has 1 N–H and O–H groups in total. The van der Waals surface area contributed by atoms with E-state index in [9.17, 15) is 28.1 Å². The van der Waals surface area contributed by atoms with E-state index in [-0.39, 0.29) is 39.4 Å². The number of nitro benzene ring substituents is 1. The summed E-state index contributed by atoms with van der Waals surface area (Å²) in [6, 6.07) is 9.02. The second kappa shape index (κ2) is 10.8. The number of nitro groups is 1. The Kier molecular flexibility index (Phi) is 8.07. The Bertz CT molecular complexity index is 1200. The van der Waals surface area contributed by atoms with Crippen LogP contribution in [0.5, 0.6) is 5.75 Å². The summed E-state index contributed by atoms with van der Waals surface area (Å²) in [5, 5.41) is 13.3. The molecule has 1 saturated heterocycles. The zero-order valence-corrected chi connectivity index (χ0v) is 20.4. The largest absolute Gasteiger partial charge is 0.494 e. The molecular weight excluding hydrogens is 478 g/mol. The molecule has 2 atom stereocenters. The number of piperidine rings is 1. The number of non-ortho nitro benzene ring substituents is 1. The molecular formula is C23H27N3O8S. The molecule has 0 aromatic heterocycles. The number of sulfonamides is 1. The maximum atomic E-state index is 13.0. The molecule has 2 aromatic rings. The molecule has 12 heteroatoms. The van der Waals surface area contributed by atoms with E-state index in [4.69, 9.17) is 9.47 Å². The fourth-order valence-electron chi connectivity index (χ4n) is 4.01. The highest BCUT2D eigenvalue weighted by Gasteiger charge is 2.31. The second-order valence-corrected chi connectivity index (χ2v) is 10.5. The van der Waals surface area contributed by atoms with Gasteiger partial charge in [-0.25, -0.2) is 13.2 Å². The molecule has 0 bridgehead atoms. The summed E-state index contributed by atoms with van der Waals surface area (Å²) >= 11 is 0. The van der Waals surface area contributed by atoms with Gasteiger partial charge < -0.3 is 14.8 Å². The summed E-state index contributed by atoms with van der Waals surface area (Å²) in [6.07, 6.45) is 0.974. The normalized spacial score (nSPS) is 18.5. The molecule has 1 heterocycles. The number of carbonyl (C=O) groups is 2. The van der Waals surface area contributed by atoms with Crippen molar-refractivity contribution in [2.24, 2.45) is 11.8 Å². The zero-order valence-electron chi connectivity index (χ0n) is 19.6. The highest BCUT2D eigenvalue weighted by atomic mass is 32.2. The summed E-state index contributed by atoms with van der Waals surface area (Å²) in [7, 11) is -2.39. The number of amides is 1. The molecule has 3 rings (SSSR count). The van der Waals surface area contributed by atoms with Crippen LogP contribution in [0.25, 0.3) is 0 Å². The van der Waals surface area contributed by atoms with Gasteiger partial charge in [-0.2, -0.15) is 4.31 Å². The lowest BCUT2D eigenvalue weighted by atomic mass is 9.94. The number of nitrogens with zero attached hydrogens (tertiary/aromatic N) is 2. The Hall–Kier alpha value is -3.51. The average molecular weight is 506 g/mol. The minimum Gasteiger partial charge on any atom is -0.494 e. The van der Waals surface area contributed by atoms with Crippen molar-refractivity contribution in [3.63, 3.8) is 0 Å². The van der Waals surface area contributed by atoms with Gasteiger partial charge in [-0.05, 0) is 48.6 Å². The average Bonchev–Trinajstić information content (AvgIpc) is 2.82. The van der Waals surface area contributed by atoms with Crippen molar-refractivity contribution in [1.29, 1.82) is 0 Å². The van der Waals surface area contributed by atoms with Gasteiger partial charge in [-0.1, -0.05) is 13.8 Å². The number of nitrogens with one attached hydrogen (secondary N) is 1. The zero-order chi connectivity index (χ0) is 25.8. The number of methoxy groups -OCH3 is 1. The highest BCUT2D eigenvalue weighted by Crippen LogP contribution is 2.29. The number of esters is 1. The van der Waals surface area contributed by atoms with Crippen LogP contribution < -0.4 is 10.1 Å². The Morgan fingerprint density at radius 1 is 1.11 bits per heavy atom. The lowest BCUT2D eigenvalue weighted by Gasteiger charge is -2.34. The van der Waals surface area contributed by atoms with Crippen LogP contribution in [0.2, 0.25) is 0 Å². The molecule has 0 aliphatic carbocycles. The quantitative estimate of drug-likeness (QED) is 0.327. The van der Waals surface area contributed by atoms with E-state index < -0.39 is 33.4 Å². The van der Waals surface area contributed by atoms with Crippen molar-refractivity contribution in [3.8, 4) is 5.75 Å². The summed E-state index contributed by atoms with van der Waals surface area (Å²) in [5.74, 6) is -0.883. The number of hydrogen-bond acceptors (Lipinski definition) is 8. The van der Waals surface area contributed by atoms with E-state index in [1.165, 1.54) is 47.8 Å². The topological polar surface area (TPSA) is 145 Å². The van der Waals surface area contributed by atoms with E-state index in [2.05, 4.69) is 5.32 Å². The first kappa shape index (κ1) is 26.1. The standard InChI is InChI=1S/C23H27N3O8S/c1-15-10-16(2)13-25(12-15)35(31,32)19-7-4-17(5-8-19)23(28)34-14-22(27)24-20-9-6-18(26(29)30)11-21(20)33-3/h4-9,11,15-16H,10,12-14H2,1-3H3,(H,24,27)/t15-,16+. The van der Waals surface area contributed by atoms with Gasteiger partial charge >= 0.3 is 5.97 Å². The molecule has 11 nitrogen and oxygen atoms in total. The van der Waals surface area contributed by atoms with Crippen LogP contribution in [0.15, 0.2) is 47.4 Å². The van der Waals surface area contributed by atoms with E-state index in [1.54, 1.807) is 0 Å². The Morgan fingerprint density at radius 2 is 1.74 bits per heavy atom. The number of ether oxygens (including phenoxy) is 2. The number of carbonyl (C=O) groups excluding carboxylic acids is 2. The van der Waals surface area contributed by atoms with Crippen LogP contribution >= 0.6 is 0 Å².